The average molecular weight is 261 g/mol. The highest BCUT2D eigenvalue weighted by Crippen LogP contribution is 2.29. The molecular weight excluding hydrogens is 238 g/mol. The molecule has 0 bridgehead atoms. The number of hydrogen-bond donors (Lipinski definition) is 0. The Morgan fingerprint density at radius 1 is 1.37 bits per heavy atom. The maximum atomic E-state index is 11.8. The maximum Gasteiger partial charge on any atom is 0.338 e. The predicted octanol–water partition coefficient (Wildman–Crippen LogP) is 3.24. The van der Waals surface area contributed by atoms with Crippen LogP contribution in [0.3, 0.4) is 0 Å². The molecule has 0 aromatic heterocycles. The summed E-state index contributed by atoms with van der Waals surface area (Å²) in [5.41, 5.74) is 1.78. The van der Waals surface area contributed by atoms with Gasteiger partial charge < -0.3 is 4.74 Å². The molecule has 0 atom stereocenters. The van der Waals surface area contributed by atoms with Gasteiger partial charge >= 0.3 is 5.97 Å². The van der Waals surface area contributed by atoms with Crippen molar-refractivity contribution in [3.63, 3.8) is 0 Å². The number of nitrogens with zero attached hydrogens (tertiary/aromatic N) is 1. The monoisotopic (exact) mass is 261 g/mol. The summed E-state index contributed by atoms with van der Waals surface area (Å²) in [5.74, 6) is -0.234. The van der Waals surface area contributed by atoms with Gasteiger partial charge in [-0.15, -0.1) is 0 Å². The van der Waals surface area contributed by atoms with Crippen molar-refractivity contribution in [1.29, 1.82) is 0 Å². The van der Waals surface area contributed by atoms with Gasteiger partial charge in [-0.1, -0.05) is 31.5 Å². The second-order valence-corrected chi connectivity index (χ2v) is 5.20. The van der Waals surface area contributed by atoms with E-state index in [4.69, 9.17) is 4.74 Å². The van der Waals surface area contributed by atoms with Crippen molar-refractivity contribution in [2.45, 2.75) is 45.2 Å². The third-order valence-electron chi connectivity index (χ3n) is 3.66. The summed E-state index contributed by atoms with van der Waals surface area (Å²) in [7, 11) is 1.44. The summed E-state index contributed by atoms with van der Waals surface area (Å²) >= 11 is 0. The van der Waals surface area contributed by atoms with Crippen LogP contribution in [0.4, 0.5) is 0 Å². The minimum Gasteiger partial charge on any atom is -0.465 e. The number of hydrogen-bond acceptors (Lipinski definition) is 3. The molecule has 1 aliphatic carbocycles. The fourth-order valence-corrected chi connectivity index (χ4v) is 2.38. The van der Waals surface area contributed by atoms with Crippen LogP contribution in [-0.4, -0.2) is 30.6 Å². The molecule has 1 fully saturated rings. The molecule has 1 aliphatic rings. The van der Waals surface area contributed by atoms with E-state index in [0.717, 1.165) is 24.7 Å². The lowest BCUT2D eigenvalue weighted by atomic mass is 10.1. The van der Waals surface area contributed by atoms with Crippen molar-refractivity contribution in [1.82, 2.24) is 4.90 Å². The Morgan fingerprint density at radius 3 is 2.74 bits per heavy atom. The number of methoxy groups -OCH3 is 1. The number of rotatable bonds is 7. The van der Waals surface area contributed by atoms with E-state index in [9.17, 15) is 4.79 Å². The normalized spacial score (nSPS) is 14.7. The van der Waals surface area contributed by atoms with Crippen molar-refractivity contribution >= 4 is 5.97 Å². The van der Waals surface area contributed by atoms with Gasteiger partial charge in [0.05, 0.1) is 12.7 Å². The molecule has 0 amide bonds. The third-order valence-corrected chi connectivity index (χ3v) is 3.66. The van der Waals surface area contributed by atoms with Crippen LogP contribution in [0.5, 0.6) is 0 Å². The zero-order chi connectivity index (χ0) is 13.7. The van der Waals surface area contributed by atoms with Gasteiger partial charge in [0.1, 0.15) is 0 Å². The Morgan fingerprint density at radius 2 is 2.11 bits per heavy atom. The lowest BCUT2D eigenvalue weighted by Gasteiger charge is -2.22. The number of benzene rings is 1. The van der Waals surface area contributed by atoms with E-state index in [0.29, 0.717) is 5.56 Å². The molecule has 2 rings (SSSR count). The van der Waals surface area contributed by atoms with E-state index in [1.165, 1.54) is 32.8 Å². The van der Waals surface area contributed by atoms with Gasteiger partial charge in [-0.3, -0.25) is 4.90 Å². The van der Waals surface area contributed by atoms with Crippen molar-refractivity contribution in [3.05, 3.63) is 35.4 Å². The lowest BCUT2D eigenvalue weighted by molar-refractivity contribution is 0.0598. The first kappa shape index (κ1) is 14.1. The molecule has 19 heavy (non-hydrogen) atoms. The summed E-state index contributed by atoms with van der Waals surface area (Å²) in [6, 6.07) is 8.49. The van der Waals surface area contributed by atoms with Gasteiger partial charge in [0, 0.05) is 12.6 Å². The highest BCUT2D eigenvalue weighted by Gasteiger charge is 2.29. The highest BCUT2D eigenvalue weighted by atomic mass is 16.5. The van der Waals surface area contributed by atoms with Crippen molar-refractivity contribution < 1.29 is 9.53 Å². The van der Waals surface area contributed by atoms with Gasteiger partial charge in [0.25, 0.3) is 0 Å². The Kier molecular flexibility index (Phi) is 4.97. The maximum absolute atomic E-state index is 11.8. The quantitative estimate of drug-likeness (QED) is 0.706. The molecule has 0 N–H and O–H groups in total. The summed E-state index contributed by atoms with van der Waals surface area (Å²) in [6.07, 6.45) is 5.02. The van der Waals surface area contributed by atoms with E-state index < -0.39 is 0 Å². The van der Waals surface area contributed by atoms with Crippen LogP contribution in [0.1, 0.15) is 48.5 Å². The first-order chi connectivity index (χ1) is 9.26. The molecule has 1 aromatic carbocycles. The molecule has 3 nitrogen and oxygen atoms in total. The summed E-state index contributed by atoms with van der Waals surface area (Å²) < 4.78 is 4.86. The standard InChI is InChI=1S/C16H23NO2/c1-3-4-11-17(14-9-10-14)12-13-7-5-6-8-15(13)16(18)19-2/h5-8,14H,3-4,9-12H2,1-2H3. The Hall–Kier alpha value is -1.35. The average Bonchev–Trinajstić information content (AvgIpc) is 3.27. The lowest BCUT2D eigenvalue weighted by Crippen LogP contribution is -2.27. The van der Waals surface area contributed by atoms with Crippen LogP contribution in [0.25, 0.3) is 0 Å². The second-order valence-electron chi connectivity index (χ2n) is 5.20. The van der Waals surface area contributed by atoms with Crippen LogP contribution in [-0.2, 0) is 11.3 Å². The number of ether oxygens (including phenoxy) is 1. The molecular formula is C16H23NO2. The van der Waals surface area contributed by atoms with Crippen LogP contribution >= 0.6 is 0 Å². The summed E-state index contributed by atoms with van der Waals surface area (Å²) in [5, 5.41) is 0. The molecule has 3 heteroatoms. The first-order valence-electron chi connectivity index (χ1n) is 7.16. The number of carbonyl (C=O) groups excluding carboxylic acids is 1. The molecule has 0 saturated heterocycles. The molecule has 0 unspecified atom stereocenters. The van der Waals surface area contributed by atoms with Gasteiger partial charge in [-0.25, -0.2) is 4.79 Å². The van der Waals surface area contributed by atoms with Crippen LogP contribution < -0.4 is 0 Å². The Labute approximate surface area is 115 Å². The van der Waals surface area contributed by atoms with Crippen molar-refractivity contribution in [3.8, 4) is 0 Å². The third kappa shape index (κ3) is 3.80. The number of unbranched alkanes of at least 4 members (excludes halogenated alkanes) is 1. The SMILES string of the molecule is CCCCN(Cc1ccccc1C(=O)OC)C1CC1. The number of carbonyl (C=O) groups is 1. The minimum atomic E-state index is -0.234. The predicted molar refractivity (Wildman–Crippen MR) is 76.1 cm³/mol. The van der Waals surface area contributed by atoms with Crippen LogP contribution in [0.15, 0.2) is 24.3 Å². The molecule has 0 heterocycles. The van der Waals surface area contributed by atoms with Crippen molar-refractivity contribution in [2.75, 3.05) is 13.7 Å². The molecule has 1 saturated carbocycles. The van der Waals surface area contributed by atoms with E-state index in [1.54, 1.807) is 0 Å². The smallest absolute Gasteiger partial charge is 0.338 e. The Balaban J connectivity index is 2.09. The second kappa shape index (κ2) is 6.71. The van der Waals surface area contributed by atoms with E-state index in [-0.39, 0.29) is 5.97 Å². The molecule has 0 radical (unpaired) electrons. The van der Waals surface area contributed by atoms with E-state index >= 15 is 0 Å². The minimum absolute atomic E-state index is 0.234. The van der Waals surface area contributed by atoms with Gasteiger partial charge in [-0.2, -0.15) is 0 Å². The molecule has 0 aliphatic heterocycles. The zero-order valence-electron chi connectivity index (χ0n) is 11.9. The van der Waals surface area contributed by atoms with E-state index in [1.807, 2.05) is 24.3 Å². The van der Waals surface area contributed by atoms with Gasteiger partial charge in [-0.05, 0) is 37.4 Å². The molecule has 0 spiro atoms. The largest absolute Gasteiger partial charge is 0.465 e. The van der Waals surface area contributed by atoms with Gasteiger partial charge in [0.15, 0.2) is 0 Å². The van der Waals surface area contributed by atoms with Crippen LogP contribution in [0, 0.1) is 0 Å². The van der Waals surface area contributed by atoms with Gasteiger partial charge in [0.2, 0.25) is 0 Å². The zero-order valence-corrected chi connectivity index (χ0v) is 11.9. The van der Waals surface area contributed by atoms with E-state index in [2.05, 4.69) is 11.8 Å². The Bertz CT molecular complexity index is 427. The van der Waals surface area contributed by atoms with Crippen LogP contribution in [0.2, 0.25) is 0 Å². The summed E-state index contributed by atoms with van der Waals surface area (Å²) in [6.45, 7) is 4.19. The molecule has 1 aromatic rings. The summed E-state index contributed by atoms with van der Waals surface area (Å²) in [4.78, 5) is 14.3. The van der Waals surface area contributed by atoms with Crippen molar-refractivity contribution in [2.24, 2.45) is 0 Å². The topological polar surface area (TPSA) is 29.5 Å². The number of esters is 1. The fourth-order valence-electron chi connectivity index (χ4n) is 2.38. The fraction of sp³-hybridized carbons (Fsp3) is 0.562. The molecule has 104 valence electrons. The first-order valence-corrected chi connectivity index (χ1v) is 7.16. The highest BCUT2D eigenvalue weighted by molar-refractivity contribution is 5.90.